The van der Waals surface area contributed by atoms with Crippen molar-refractivity contribution < 1.29 is 23.0 Å². The number of aliphatic hydroxyl groups excluding tert-OH is 1. The van der Waals surface area contributed by atoms with Crippen molar-refractivity contribution in [3.63, 3.8) is 0 Å². The molecule has 12 heteroatoms. The van der Waals surface area contributed by atoms with Gasteiger partial charge in [0.15, 0.2) is 0 Å². The second kappa shape index (κ2) is 8.86. The molecule has 27 heavy (non-hydrogen) atoms. The molecule has 2 aromatic rings. The number of nitrogens with one attached hydrogen (secondary N) is 1. The SMILES string of the molecule is COc1cc(Nc2ncc(Br)c(O[C@H](C)[C@@H](C)O)n2)cc(I)c1S(N)(=O)=O. The van der Waals surface area contributed by atoms with Crippen LogP contribution in [0.2, 0.25) is 0 Å². The quantitative estimate of drug-likeness (QED) is 0.430. The van der Waals surface area contributed by atoms with Gasteiger partial charge in [-0.25, -0.2) is 18.5 Å². The van der Waals surface area contributed by atoms with E-state index in [1.54, 1.807) is 19.9 Å². The number of benzene rings is 1. The Bertz CT molecular complexity index is 942. The van der Waals surface area contributed by atoms with Gasteiger partial charge in [-0.15, -0.1) is 0 Å². The fraction of sp³-hybridized carbons (Fsp3) is 0.333. The fourth-order valence-electron chi connectivity index (χ4n) is 1.97. The maximum Gasteiger partial charge on any atom is 0.242 e. The van der Waals surface area contributed by atoms with Gasteiger partial charge in [0.05, 0.1) is 23.9 Å². The first-order valence-corrected chi connectivity index (χ1v) is 11.0. The Labute approximate surface area is 179 Å². The highest BCUT2D eigenvalue weighted by molar-refractivity contribution is 14.1. The number of halogens is 2. The minimum atomic E-state index is -3.94. The third-order valence-electron chi connectivity index (χ3n) is 3.46. The molecule has 1 heterocycles. The summed E-state index contributed by atoms with van der Waals surface area (Å²) < 4.78 is 35.2. The molecule has 1 aromatic heterocycles. The summed E-state index contributed by atoms with van der Waals surface area (Å²) in [6.07, 6.45) is 0.347. The smallest absolute Gasteiger partial charge is 0.242 e. The average Bonchev–Trinajstić information content (AvgIpc) is 2.55. The molecular formula is C15H18BrIN4O5S. The second-order valence-corrected chi connectivity index (χ2v) is 9.08. The van der Waals surface area contributed by atoms with Crippen molar-refractivity contribution in [1.29, 1.82) is 0 Å². The third-order valence-corrected chi connectivity index (χ3v) is 6.21. The van der Waals surface area contributed by atoms with Crippen LogP contribution in [0.5, 0.6) is 11.6 Å². The number of sulfonamides is 1. The number of rotatable bonds is 7. The zero-order valence-electron chi connectivity index (χ0n) is 14.6. The lowest BCUT2D eigenvalue weighted by molar-refractivity contribution is 0.0569. The van der Waals surface area contributed by atoms with E-state index in [0.29, 0.717) is 13.7 Å². The number of aromatic nitrogens is 2. The number of nitrogens with zero attached hydrogens (tertiary/aromatic N) is 2. The van der Waals surface area contributed by atoms with Crippen LogP contribution in [0.4, 0.5) is 11.6 Å². The molecular weight excluding hydrogens is 555 g/mol. The van der Waals surface area contributed by atoms with Gasteiger partial charge in [0.1, 0.15) is 16.7 Å². The molecule has 0 saturated heterocycles. The maximum absolute atomic E-state index is 11.7. The predicted molar refractivity (Wildman–Crippen MR) is 112 cm³/mol. The first-order chi connectivity index (χ1) is 12.5. The zero-order valence-corrected chi connectivity index (χ0v) is 19.2. The van der Waals surface area contributed by atoms with E-state index in [1.165, 1.54) is 19.4 Å². The van der Waals surface area contributed by atoms with Crippen LogP contribution in [0.25, 0.3) is 0 Å². The molecule has 0 bridgehead atoms. The number of primary sulfonamides is 1. The van der Waals surface area contributed by atoms with Crippen LogP contribution in [-0.4, -0.2) is 42.8 Å². The van der Waals surface area contributed by atoms with Gasteiger partial charge in [-0.2, -0.15) is 4.98 Å². The lowest BCUT2D eigenvalue weighted by Crippen LogP contribution is -2.26. The average molecular weight is 573 g/mol. The zero-order chi connectivity index (χ0) is 20.4. The van der Waals surface area contributed by atoms with E-state index < -0.39 is 22.2 Å². The van der Waals surface area contributed by atoms with Crippen LogP contribution in [0.1, 0.15) is 13.8 Å². The van der Waals surface area contributed by atoms with Crippen LogP contribution in [0, 0.1) is 3.57 Å². The molecule has 0 radical (unpaired) electrons. The van der Waals surface area contributed by atoms with E-state index >= 15 is 0 Å². The van der Waals surface area contributed by atoms with Crippen molar-refractivity contribution in [2.75, 3.05) is 12.4 Å². The van der Waals surface area contributed by atoms with Crippen molar-refractivity contribution in [3.05, 3.63) is 26.4 Å². The van der Waals surface area contributed by atoms with Crippen molar-refractivity contribution in [2.24, 2.45) is 5.14 Å². The molecule has 1 aromatic carbocycles. The minimum absolute atomic E-state index is 0.0948. The monoisotopic (exact) mass is 572 g/mol. The molecule has 0 amide bonds. The summed E-state index contributed by atoms with van der Waals surface area (Å²) in [5.41, 5.74) is 0.500. The number of anilines is 2. The summed E-state index contributed by atoms with van der Waals surface area (Å²) >= 11 is 5.16. The Hall–Kier alpha value is -1.22. The first kappa shape index (κ1) is 22.1. The first-order valence-electron chi connectivity index (χ1n) is 7.57. The molecule has 2 atom stereocenters. The van der Waals surface area contributed by atoms with Gasteiger partial charge < -0.3 is 19.9 Å². The molecule has 0 spiro atoms. The molecule has 148 valence electrons. The van der Waals surface area contributed by atoms with E-state index in [0.717, 1.165) is 0 Å². The highest BCUT2D eigenvalue weighted by Crippen LogP contribution is 2.33. The second-order valence-electron chi connectivity index (χ2n) is 5.57. The van der Waals surface area contributed by atoms with Crippen molar-refractivity contribution >= 4 is 60.2 Å². The van der Waals surface area contributed by atoms with Gasteiger partial charge >= 0.3 is 0 Å². The Morgan fingerprint density at radius 3 is 2.59 bits per heavy atom. The Balaban J connectivity index is 2.36. The van der Waals surface area contributed by atoms with Gasteiger partial charge in [-0.1, -0.05) is 0 Å². The molecule has 0 saturated carbocycles. The summed E-state index contributed by atoms with van der Waals surface area (Å²) in [5, 5.41) is 17.8. The van der Waals surface area contributed by atoms with Crippen LogP contribution >= 0.6 is 38.5 Å². The molecule has 0 fully saturated rings. The number of ether oxygens (including phenoxy) is 2. The molecule has 2 rings (SSSR count). The largest absolute Gasteiger partial charge is 0.495 e. The summed E-state index contributed by atoms with van der Waals surface area (Å²) in [7, 11) is -2.59. The van der Waals surface area contributed by atoms with Gasteiger partial charge in [0.25, 0.3) is 0 Å². The predicted octanol–water partition coefficient (Wildman–Crippen LogP) is 2.39. The molecule has 4 N–H and O–H groups in total. The van der Waals surface area contributed by atoms with Crippen molar-refractivity contribution in [3.8, 4) is 11.6 Å². The molecule has 0 aliphatic heterocycles. The van der Waals surface area contributed by atoms with E-state index in [1.807, 2.05) is 22.6 Å². The van der Waals surface area contributed by atoms with E-state index in [9.17, 15) is 13.5 Å². The van der Waals surface area contributed by atoms with E-state index in [4.69, 9.17) is 14.6 Å². The normalized spacial score (nSPS) is 13.7. The highest BCUT2D eigenvalue weighted by atomic mass is 127. The van der Waals surface area contributed by atoms with E-state index in [2.05, 4.69) is 31.2 Å². The van der Waals surface area contributed by atoms with Crippen molar-refractivity contribution in [2.45, 2.75) is 31.0 Å². The van der Waals surface area contributed by atoms with Crippen molar-refractivity contribution in [1.82, 2.24) is 9.97 Å². The summed E-state index contributed by atoms with van der Waals surface area (Å²) in [5.74, 6) is 0.569. The number of aliphatic hydroxyl groups is 1. The van der Waals surface area contributed by atoms with Crippen LogP contribution in [0.3, 0.4) is 0 Å². The number of methoxy groups -OCH3 is 1. The Morgan fingerprint density at radius 1 is 1.37 bits per heavy atom. The minimum Gasteiger partial charge on any atom is -0.495 e. The number of hydrogen-bond donors (Lipinski definition) is 3. The lowest BCUT2D eigenvalue weighted by atomic mass is 10.3. The fourth-order valence-corrected chi connectivity index (χ4v) is 4.53. The Kier molecular flexibility index (Phi) is 7.24. The van der Waals surface area contributed by atoms with E-state index in [-0.39, 0.29) is 22.5 Å². The number of hydrogen-bond acceptors (Lipinski definition) is 8. The van der Waals surface area contributed by atoms with Crippen LogP contribution in [0.15, 0.2) is 27.7 Å². The van der Waals surface area contributed by atoms with Gasteiger partial charge in [-0.3, -0.25) is 0 Å². The summed E-state index contributed by atoms with van der Waals surface area (Å²) in [6, 6.07) is 3.06. The number of nitrogens with two attached hydrogens (primary N) is 1. The maximum atomic E-state index is 11.7. The molecule has 9 nitrogen and oxygen atoms in total. The molecule has 0 unspecified atom stereocenters. The van der Waals surface area contributed by atoms with Crippen LogP contribution in [-0.2, 0) is 10.0 Å². The lowest BCUT2D eigenvalue weighted by Gasteiger charge is -2.18. The highest BCUT2D eigenvalue weighted by Gasteiger charge is 2.21. The Morgan fingerprint density at radius 2 is 2.04 bits per heavy atom. The molecule has 0 aliphatic carbocycles. The summed E-state index contributed by atoms with van der Waals surface area (Å²) in [4.78, 5) is 8.31. The van der Waals surface area contributed by atoms with Gasteiger partial charge in [0, 0.05) is 15.3 Å². The topological polar surface area (TPSA) is 137 Å². The molecule has 0 aliphatic rings. The van der Waals surface area contributed by atoms with Gasteiger partial charge in [0.2, 0.25) is 21.9 Å². The van der Waals surface area contributed by atoms with Gasteiger partial charge in [-0.05, 0) is 58.4 Å². The van der Waals surface area contributed by atoms with Crippen LogP contribution < -0.4 is 19.9 Å². The third kappa shape index (κ3) is 5.63. The standard InChI is InChI=1S/C15H18BrIN4O5S/c1-7(22)8(2)26-14-10(16)6-19-15(21-14)20-9-4-11(17)13(27(18,23)24)12(5-9)25-3/h4-8,22H,1-3H3,(H2,18,23,24)(H,19,20,21)/t7-,8-/m1/s1. The summed E-state index contributed by atoms with van der Waals surface area (Å²) in [6.45, 7) is 3.33.